The molecular weight excluding hydrogens is 130 g/mol. The summed E-state index contributed by atoms with van der Waals surface area (Å²) in [6.07, 6.45) is 7.16. The van der Waals surface area contributed by atoms with E-state index in [4.69, 9.17) is 5.73 Å². The summed E-state index contributed by atoms with van der Waals surface area (Å²) in [6.45, 7) is 0.727. The highest BCUT2D eigenvalue weighted by Gasteiger charge is 2.07. The molecule has 0 aromatic heterocycles. The van der Waals surface area contributed by atoms with Crippen LogP contribution in [0.5, 0.6) is 0 Å². The van der Waals surface area contributed by atoms with Crippen LogP contribution < -0.4 is 5.73 Å². The van der Waals surface area contributed by atoms with Crippen molar-refractivity contribution in [2.75, 3.05) is 6.54 Å². The quantitative estimate of drug-likeness (QED) is 0.554. The molecule has 0 saturated carbocycles. The Hall–Kier alpha value is -0.210. The van der Waals surface area contributed by atoms with Crippen molar-refractivity contribution in [2.24, 2.45) is 5.73 Å². The van der Waals surface area contributed by atoms with Gasteiger partial charge in [-0.3, -0.25) is 0 Å². The van der Waals surface area contributed by atoms with Crippen LogP contribution in [0.3, 0.4) is 0 Å². The average molecular weight is 141 g/mol. The number of thiol groups is 1. The maximum atomic E-state index is 5.37. The largest absolute Gasteiger partial charge is 0.330 e. The van der Waals surface area contributed by atoms with Crippen molar-refractivity contribution in [2.45, 2.75) is 11.7 Å². The van der Waals surface area contributed by atoms with Crippen LogP contribution in [-0.4, -0.2) is 11.8 Å². The standard InChI is InChI=1S/C7H11NS/c8-5-4-6-2-1-3-7(6)9/h1-3,7,9H,4-5,8H2. The van der Waals surface area contributed by atoms with Gasteiger partial charge in [0.25, 0.3) is 0 Å². The maximum Gasteiger partial charge on any atom is 0.0413 e. The van der Waals surface area contributed by atoms with Gasteiger partial charge in [-0.2, -0.15) is 12.6 Å². The zero-order chi connectivity index (χ0) is 6.69. The third kappa shape index (κ3) is 1.60. The normalized spacial score (nSPS) is 24.7. The van der Waals surface area contributed by atoms with Crippen LogP contribution in [0.2, 0.25) is 0 Å². The molecule has 2 N–H and O–H groups in total. The number of hydrogen-bond acceptors (Lipinski definition) is 2. The molecule has 9 heavy (non-hydrogen) atoms. The second-order valence-corrected chi connectivity index (χ2v) is 2.67. The van der Waals surface area contributed by atoms with Crippen LogP contribution in [0, 0.1) is 0 Å². The minimum absolute atomic E-state index is 0.327. The van der Waals surface area contributed by atoms with Crippen molar-refractivity contribution >= 4 is 12.6 Å². The molecule has 1 atom stereocenters. The molecule has 0 fully saturated rings. The lowest BCUT2D eigenvalue weighted by atomic mass is 10.1. The molecule has 2 heteroatoms. The van der Waals surface area contributed by atoms with E-state index < -0.39 is 0 Å². The van der Waals surface area contributed by atoms with E-state index in [0.29, 0.717) is 5.25 Å². The van der Waals surface area contributed by atoms with Gasteiger partial charge >= 0.3 is 0 Å². The summed E-state index contributed by atoms with van der Waals surface area (Å²) in [7, 11) is 0. The molecule has 0 saturated heterocycles. The number of allylic oxidation sites excluding steroid dienone is 2. The summed E-state index contributed by atoms with van der Waals surface area (Å²) in [6, 6.07) is 0. The monoisotopic (exact) mass is 141 g/mol. The Morgan fingerprint density at radius 3 is 2.89 bits per heavy atom. The molecule has 0 radical (unpaired) electrons. The Labute approximate surface area is 61.0 Å². The second kappa shape index (κ2) is 3.08. The molecule has 1 rings (SSSR count). The lowest BCUT2D eigenvalue weighted by molar-refractivity contribution is 0.935. The molecule has 1 unspecified atom stereocenters. The Balaban J connectivity index is 2.44. The number of nitrogens with two attached hydrogens (primary N) is 1. The third-order valence-corrected chi connectivity index (χ3v) is 1.92. The second-order valence-electron chi connectivity index (χ2n) is 2.11. The minimum atomic E-state index is 0.327. The van der Waals surface area contributed by atoms with Gasteiger partial charge in [0.05, 0.1) is 0 Å². The lowest BCUT2D eigenvalue weighted by Gasteiger charge is -2.03. The molecule has 50 valence electrons. The van der Waals surface area contributed by atoms with Gasteiger partial charge in [0.1, 0.15) is 0 Å². The van der Waals surface area contributed by atoms with Crippen LogP contribution in [0.25, 0.3) is 0 Å². The topological polar surface area (TPSA) is 26.0 Å². The molecule has 0 amide bonds. The van der Waals surface area contributed by atoms with Crippen molar-refractivity contribution in [3.8, 4) is 0 Å². The minimum Gasteiger partial charge on any atom is -0.330 e. The van der Waals surface area contributed by atoms with E-state index in [9.17, 15) is 0 Å². The van der Waals surface area contributed by atoms with E-state index in [1.165, 1.54) is 5.57 Å². The first-order valence-electron chi connectivity index (χ1n) is 3.10. The first kappa shape index (κ1) is 6.90. The van der Waals surface area contributed by atoms with E-state index >= 15 is 0 Å². The van der Waals surface area contributed by atoms with Gasteiger partial charge in [0, 0.05) is 5.25 Å². The van der Waals surface area contributed by atoms with Gasteiger partial charge in [-0.25, -0.2) is 0 Å². The van der Waals surface area contributed by atoms with Gasteiger partial charge in [0.2, 0.25) is 0 Å². The Kier molecular flexibility index (Phi) is 2.37. The summed E-state index contributed by atoms with van der Waals surface area (Å²) in [4.78, 5) is 0. The van der Waals surface area contributed by atoms with Crippen molar-refractivity contribution in [1.29, 1.82) is 0 Å². The summed E-state index contributed by atoms with van der Waals surface area (Å²) in [5.41, 5.74) is 6.70. The first-order valence-corrected chi connectivity index (χ1v) is 3.61. The van der Waals surface area contributed by atoms with E-state index in [2.05, 4.69) is 24.8 Å². The fourth-order valence-electron chi connectivity index (χ4n) is 0.904. The van der Waals surface area contributed by atoms with Gasteiger partial charge in [-0.05, 0) is 13.0 Å². The summed E-state index contributed by atoms with van der Waals surface area (Å²) >= 11 is 4.31. The summed E-state index contributed by atoms with van der Waals surface area (Å²) in [5, 5.41) is 0.327. The van der Waals surface area contributed by atoms with Gasteiger partial charge in [-0.1, -0.05) is 23.8 Å². The molecular formula is C7H11NS. The number of rotatable bonds is 2. The molecule has 0 heterocycles. The zero-order valence-electron chi connectivity index (χ0n) is 5.25. The summed E-state index contributed by atoms with van der Waals surface area (Å²) in [5.74, 6) is 0. The first-order chi connectivity index (χ1) is 4.34. The molecule has 0 aromatic rings. The molecule has 1 nitrogen and oxygen atoms in total. The molecule has 0 bridgehead atoms. The molecule has 0 spiro atoms. The van der Waals surface area contributed by atoms with Gasteiger partial charge < -0.3 is 5.73 Å². The van der Waals surface area contributed by atoms with Crippen molar-refractivity contribution < 1.29 is 0 Å². The molecule has 1 aliphatic carbocycles. The van der Waals surface area contributed by atoms with Crippen LogP contribution in [0.4, 0.5) is 0 Å². The third-order valence-electron chi connectivity index (χ3n) is 1.42. The van der Waals surface area contributed by atoms with Crippen molar-refractivity contribution in [1.82, 2.24) is 0 Å². The molecule has 1 aliphatic rings. The lowest BCUT2D eigenvalue weighted by Crippen LogP contribution is -2.04. The van der Waals surface area contributed by atoms with Gasteiger partial charge in [0.15, 0.2) is 0 Å². The van der Waals surface area contributed by atoms with E-state index in [1.54, 1.807) is 0 Å². The number of hydrogen-bond donors (Lipinski definition) is 2. The van der Waals surface area contributed by atoms with Crippen molar-refractivity contribution in [3.05, 3.63) is 23.8 Å². The highest BCUT2D eigenvalue weighted by Crippen LogP contribution is 2.19. The highest BCUT2D eigenvalue weighted by molar-refractivity contribution is 7.81. The van der Waals surface area contributed by atoms with E-state index in [-0.39, 0.29) is 0 Å². The Morgan fingerprint density at radius 2 is 2.44 bits per heavy atom. The maximum absolute atomic E-state index is 5.37. The fraction of sp³-hybridized carbons (Fsp3) is 0.429. The van der Waals surface area contributed by atoms with Crippen LogP contribution >= 0.6 is 12.6 Å². The van der Waals surface area contributed by atoms with E-state index in [0.717, 1.165) is 13.0 Å². The predicted molar refractivity (Wildman–Crippen MR) is 43.7 cm³/mol. The van der Waals surface area contributed by atoms with Gasteiger partial charge in [-0.15, -0.1) is 0 Å². The fourth-order valence-corrected chi connectivity index (χ4v) is 1.22. The Morgan fingerprint density at radius 1 is 1.67 bits per heavy atom. The SMILES string of the molecule is NCCC1=CC=CC1S. The molecule has 0 aromatic carbocycles. The van der Waals surface area contributed by atoms with Crippen LogP contribution in [0.1, 0.15) is 6.42 Å². The Bertz CT molecular complexity index is 149. The van der Waals surface area contributed by atoms with E-state index in [1.807, 2.05) is 6.08 Å². The smallest absolute Gasteiger partial charge is 0.0413 e. The highest BCUT2D eigenvalue weighted by atomic mass is 32.1. The average Bonchev–Trinajstić information content (AvgIpc) is 2.18. The van der Waals surface area contributed by atoms with Crippen LogP contribution in [-0.2, 0) is 0 Å². The zero-order valence-corrected chi connectivity index (χ0v) is 6.14. The molecule has 0 aliphatic heterocycles. The van der Waals surface area contributed by atoms with Crippen LogP contribution in [0.15, 0.2) is 23.8 Å². The predicted octanol–water partition coefficient (Wildman–Crippen LogP) is 1.13. The summed E-state index contributed by atoms with van der Waals surface area (Å²) < 4.78 is 0. The van der Waals surface area contributed by atoms with Crippen molar-refractivity contribution in [3.63, 3.8) is 0 Å².